The van der Waals surface area contributed by atoms with Crippen molar-refractivity contribution < 1.29 is 4.74 Å². The molecule has 1 aliphatic heterocycles. The lowest BCUT2D eigenvalue weighted by Gasteiger charge is -2.20. The number of nitrogens with zero attached hydrogens (tertiary/aromatic N) is 1. The number of para-hydroxylation sites is 1. The fourth-order valence-corrected chi connectivity index (χ4v) is 1.45. The third kappa shape index (κ3) is 1.09. The standard InChI is InChI=1S/C10H11NO/c1-7-9-5-3-4-6-10(9)11-8(2)12-7/h3-7H,1-2H3. The van der Waals surface area contributed by atoms with E-state index in [4.69, 9.17) is 4.74 Å². The van der Waals surface area contributed by atoms with Crippen LogP contribution in [0.25, 0.3) is 0 Å². The lowest BCUT2D eigenvalue weighted by atomic mass is 10.1. The fraction of sp³-hybridized carbons (Fsp3) is 0.300. The Hall–Kier alpha value is -1.31. The third-order valence-corrected chi connectivity index (χ3v) is 2.00. The second-order valence-corrected chi connectivity index (χ2v) is 2.95. The first-order chi connectivity index (χ1) is 5.77. The molecule has 0 N–H and O–H groups in total. The van der Waals surface area contributed by atoms with Gasteiger partial charge in [0, 0.05) is 12.5 Å². The molecule has 2 heteroatoms. The average molecular weight is 161 g/mol. The summed E-state index contributed by atoms with van der Waals surface area (Å²) in [4.78, 5) is 4.29. The minimum Gasteiger partial charge on any atom is -0.473 e. The lowest BCUT2D eigenvalue weighted by Crippen LogP contribution is -2.09. The van der Waals surface area contributed by atoms with Crippen molar-refractivity contribution in [3.8, 4) is 0 Å². The molecule has 0 fully saturated rings. The van der Waals surface area contributed by atoms with E-state index in [-0.39, 0.29) is 6.10 Å². The van der Waals surface area contributed by atoms with Gasteiger partial charge in [-0.2, -0.15) is 0 Å². The van der Waals surface area contributed by atoms with Gasteiger partial charge in [0.25, 0.3) is 0 Å². The van der Waals surface area contributed by atoms with E-state index >= 15 is 0 Å². The Kier molecular flexibility index (Phi) is 1.61. The molecule has 1 aliphatic rings. The number of fused-ring (bicyclic) bond motifs is 1. The maximum Gasteiger partial charge on any atom is 0.185 e. The zero-order chi connectivity index (χ0) is 8.55. The van der Waals surface area contributed by atoms with Gasteiger partial charge in [-0.15, -0.1) is 0 Å². The quantitative estimate of drug-likeness (QED) is 0.573. The molecular formula is C10H11NO. The van der Waals surface area contributed by atoms with E-state index in [1.54, 1.807) is 0 Å². The second kappa shape index (κ2) is 2.63. The molecule has 1 heterocycles. The summed E-state index contributed by atoms with van der Waals surface area (Å²) in [6, 6.07) is 8.07. The lowest BCUT2D eigenvalue weighted by molar-refractivity contribution is 0.206. The number of hydrogen-bond acceptors (Lipinski definition) is 2. The summed E-state index contributed by atoms with van der Waals surface area (Å²) in [6.45, 7) is 3.92. The van der Waals surface area contributed by atoms with Crippen molar-refractivity contribution >= 4 is 11.6 Å². The Morgan fingerprint density at radius 1 is 1.33 bits per heavy atom. The van der Waals surface area contributed by atoms with Crippen molar-refractivity contribution in [1.29, 1.82) is 0 Å². The molecule has 1 aromatic carbocycles. The zero-order valence-electron chi connectivity index (χ0n) is 7.24. The highest BCUT2D eigenvalue weighted by Crippen LogP contribution is 2.31. The molecule has 0 bridgehead atoms. The Labute approximate surface area is 71.9 Å². The van der Waals surface area contributed by atoms with Gasteiger partial charge in [0.1, 0.15) is 6.10 Å². The van der Waals surface area contributed by atoms with Gasteiger partial charge in [-0.25, -0.2) is 4.99 Å². The molecule has 12 heavy (non-hydrogen) atoms. The summed E-state index contributed by atoms with van der Waals surface area (Å²) in [6.07, 6.45) is 0.138. The van der Waals surface area contributed by atoms with Gasteiger partial charge >= 0.3 is 0 Å². The molecule has 1 unspecified atom stereocenters. The van der Waals surface area contributed by atoms with Crippen LogP contribution in [0.4, 0.5) is 5.69 Å². The van der Waals surface area contributed by atoms with Crippen LogP contribution in [0.1, 0.15) is 25.5 Å². The highest BCUT2D eigenvalue weighted by molar-refractivity contribution is 5.79. The second-order valence-electron chi connectivity index (χ2n) is 2.95. The number of aliphatic imine (C=N–C) groups is 1. The SMILES string of the molecule is CC1=Nc2ccccc2C(C)O1. The smallest absolute Gasteiger partial charge is 0.185 e. The molecular weight excluding hydrogens is 150 g/mol. The Morgan fingerprint density at radius 2 is 2.08 bits per heavy atom. The summed E-state index contributed by atoms with van der Waals surface area (Å²) in [5, 5.41) is 0. The minimum absolute atomic E-state index is 0.138. The van der Waals surface area contributed by atoms with E-state index in [1.165, 1.54) is 5.56 Å². The van der Waals surface area contributed by atoms with Crippen molar-refractivity contribution in [2.75, 3.05) is 0 Å². The van der Waals surface area contributed by atoms with Gasteiger partial charge in [0.05, 0.1) is 5.69 Å². The van der Waals surface area contributed by atoms with Crippen molar-refractivity contribution in [2.24, 2.45) is 4.99 Å². The molecule has 2 nitrogen and oxygen atoms in total. The van der Waals surface area contributed by atoms with Crippen molar-refractivity contribution in [3.05, 3.63) is 29.8 Å². The highest BCUT2D eigenvalue weighted by atomic mass is 16.5. The van der Waals surface area contributed by atoms with Gasteiger partial charge in [-0.3, -0.25) is 0 Å². The van der Waals surface area contributed by atoms with Crippen LogP contribution in [0.5, 0.6) is 0 Å². The third-order valence-electron chi connectivity index (χ3n) is 2.00. The molecule has 0 spiro atoms. The van der Waals surface area contributed by atoms with E-state index in [9.17, 15) is 0 Å². The molecule has 0 saturated heterocycles. The van der Waals surface area contributed by atoms with Crippen LogP contribution in [-0.4, -0.2) is 5.90 Å². The van der Waals surface area contributed by atoms with E-state index in [0.717, 1.165) is 11.6 Å². The van der Waals surface area contributed by atoms with Crippen LogP contribution in [0.2, 0.25) is 0 Å². The number of rotatable bonds is 0. The van der Waals surface area contributed by atoms with Gasteiger partial charge in [-0.05, 0) is 13.0 Å². The largest absolute Gasteiger partial charge is 0.473 e. The molecule has 2 rings (SSSR count). The predicted molar refractivity (Wildman–Crippen MR) is 48.7 cm³/mol. The molecule has 0 amide bonds. The topological polar surface area (TPSA) is 21.6 Å². The maximum atomic E-state index is 5.46. The first-order valence-corrected chi connectivity index (χ1v) is 4.08. The molecule has 62 valence electrons. The van der Waals surface area contributed by atoms with Crippen molar-refractivity contribution in [2.45, 2.75) is 20.0 Å². The van der Waals surface area contributed by atoms with Gasteiger partial charge in [0.2, 0.25) is 0 Å². The molecule has 1 atom stereocenters. The fourth-order valence-electron chi connectivity index (χ4n) is 1.45. The summed E-state index contributed by atoms with van der Waals surface area (Å²) in [7, 11) is 0. The molecule has 0 saturated carbocycles. The molecule has 1 aromatic rings. The first-order valence-electron chi connectivity index (χ1n) is 4.08. The van der Waals surface area contributed by atoms with E-state index in [0.29, 0.717) is 0 Å². The number of benzene rings is 1. The van der Waals surface area contributed by atoms with Crippen LogP contribution in [-0.2, 0) is 4.74 Å². The Morgan fingerprint density at radius 3 is 2.92 bits per heavy atom. The average Bonchev–Trinajstić information content (AvgIpc) is 2.04. The van der Waals surface area contributed by atoms with Crippen molar-refractivity contribution in [1.82, 2.24) is 0 Å². The van der Waals surface area contributed by atoms with Crippen LogP contribution < -0.4 is 0 Å². The predicted octanol–water partition coefficient (Wildman–Crippen LogP) is 2.83. The van der Waals surface area contributed by atoms with E-state index in [1.807, 2.05) is 32.0 Å². The normalized spacial score (nSPS) is 20.8. The van der Waals surface area contributed by atoms with Crippen LogP contribution in [0.15, 0.2) is 29.3 Å². The van der Waals surface area contributed by atoms with E-state index in [2.05, 4.69) is 11.1 Å². The summed E-state index contributed by atoms with van der Waals surface area (Å²) >= 11 is 0. The first kappa shape index (κ1) is 7.35. The monoisotopic (exact) mass is 161 g/mol. The zero-order valence-corrected chi connectivity index (χ0v) is 7.24. The number of ether oxygens (including phenoxy) is 1. The van der Waals surface area contributed by atoms with Crippen LogP contribution >= 0.6 is 0 Å². The summed E-state index contributed by atoms with van der Waals surface area (Å²) in [5.41, 5.74) is 2.21. The van der Waals surface area contributed by atoms with Crippen LogP contribution in [0.3, 0.4) is 0 Å². The van der Waals surface area contributed by atoms with Gasteiger partial charge in [-0.1, -0.05) is 18.2 Å². The minimum atomic E-state index is 0.138. The molecule has 0 aliphatic carbocycles. The van der Waals surface area contributed by atoms with E-state index < -0.39 is 0 Å². The summed E-state index contributed by atoms with van der Waals surface area (Å²) < 4.78 is 5.46. The molecule has 0 radical (unpaired) electrons. The molecule has 0 aromatic heterocycles. The Bertz CT molecular complexity index is 330. The Balaban J connectivity index is 2.55. The van der Waals surface area contributed by atoms with Crippen LogP contribution in [0, 0.1) is 0 Å². The highest BCUT2D eigenvalue weighted by Gasteiger charge is 2.16. The van der Waals surface area contributed by atoms with Gasteiger partial charge in [0.15, 0.2) is 5.90 Å². The maximum absolute atomic E-state index is 5.46. The van der Waals surface area contributed by atoms with Crippen molar-refractivity contribution in [3.63, 3.8) is 0 Å². The summed E-state index contributed by atoms with van der Waals surface area (Å²) in [5.74, 6) is 0.751. The van der Waals surface area contributed by atoms with Gasteiger partial charge < -0.3 is 4.74 Å². The number of hydrogen-bond donors (Lipinski definition) is 0.